The first kappa shape index (κ1) is 14.8. The van der Waals surface area contributed by atoms with Gasteiger partial charge < -0.3 is 9.32 Å². The number of benzene rings is 2. The second-order valence-corrected chi connectivity index (χ2v) is 7.26. The molecule has 1 atom stereocenters. The number of hydrogen-bond donors (Lipinski definition) is 0. The Morgan fingerprint density at radius 1 is 0.960 bits per heavy atom. The van der Waals surface area contributed by atoms with Crippen molar-refractivity contribution in [1.29, 1.82) is 0 Å². The first-order chi connectivity index (χ1) is 12.3. The molecule has 1 fully saturated rings. The minimum Gasteiger partial charge on any atom is -0.461 e. The van der Waals surface area contributed by atoms with Gasteiger partial charge in [0.15, 0.2) is 0 Å². The standard InChI is InChI=1S/C23H23NO/c1-16-19-15-18-11-5-6-12-20(18)24-14-8-7-13-21(24)22(19)23(25-16)17-9-3-2-4-10-17/h2-6,9-12,21H,7-8,13-15H2,1H3/t21-/m0/s1. The number of fused-ring (bicyclic) bond motifs is 5. The van der Waals surface area contributed by atoms with Crippen molar-refractivity contribution in [3.63, 3.8) is 0 Å². The largest absolute Gasteiger partial charge is 0.461 e. The molecule has 0 N–H and O–H groups in total. The fourth-order valence-electron chi connectivity index (χ4n) is 4.62. The van der Waals surface area contributed by atoms with Crippen molar-refractivity contribution in [2.45, 2.75) is 38.6 Å². The second-order valence-electron chi connectivity index (χ2n) is 7.26. The monoisotopic (exact) mass is 329 g/mol. The summed E-state index contributed by atoms with van der Waals surface area (Å²) in [7, 11) is 0. The maximum Gasteiger partial charge on any atom is 0.139 e. The van der Waals surface area contributed by atoms with E-state index in [4.69, 9.17) is 4.42 Å². The first-order valence-corrected chi connectivity index (χ1v) is 9.35. The number of aryl methyl sites for hydroxylation is 1. The average molecular weight is 329 g/mol. The number of anilines is 1. The molecule has 2 heteroatoms. The molecule has 0 unspecified atom stereocenters. The predicted octanol–water partition coefficient (Wildman–Crippen LogP) is 5.89. The van der Waals surface area contributed by atoms with Gasteiger partial charge in [-0.25, -0.2) is 0 Å². The number of rotatable bonds is 1. The molecule has 0 spiro atoms. The molecule has 0 saturated carbocycles. The molecule has 2 nitrogen and oxygen atoms in total. The molecule has 2 aromatic carbocycles. The Bertz CT molecular complexity index is 909. The normalized spacial score (nSPS) is 18.9. The Balaban J connectivity index is 1.75. The van der Waals surface area contributed by atoms with Gasteiger partial charge in [-0.2, -0.15) is 0 Å². The zero-order valence-electron chi connectivity index (χ0n) is 14.7. The summed E-state index contributed by atoms with van der Waals surface area (Å²) in [5, 5.41) is 0. The van der Waals surface area contributed by atoms with Crippen molar-refractivity contribution in [2.75, 3.05) is 11.4 Å². The molecule has 0 radical (unpaired) electrons. The summed E-state index contributed by atoms with van der Waals surface area (Å²) < 4.78 is 6.35. The lowest BCUT2D eigenvalue weighted by Crippen LogP contribution is -2.33. The number of furan rings is 1. The molecule has 5 rings (SSSR count). The van der Waals surface area contributed by atoms with Gasteiger partial charge in [0, 0.05) is 35.3 Å². The topological polar surface area (TPSA) is 16.4 Å². The number of piperidine rings is 1. The van der Waals surface area contributed by atoms with Gasteiger partial charge >= 0.3 is 0 Å². The second kappa shape index (κ2) is 5.80. The van der Waals surface area contributed by atoms with E-state index >= 15 is 0 Å². The number of hydrogen-bond acceptors (Lipinski definition) is 2. The average Bonchev–Trinajstić information content (AvgIpc) is 2.91. The van der Waals surface area contributed by atoms with Crippen molar-refractivity contribution in [1.82, 2.24) is 0 Å². The highest BCUT2D eigenvalue weighted by Crippen LogP contribution is 2.47. The van der Waals surface area contributed by atoms with E-state index in [9.17, 15) is 0 Å². The van der Waals surface area contributed by atoms with Crippen LogP contribution < -0.4 is 4.90 Å². The quantitative estimate of drug-likeness (QED) is 0.553. The van der Waals surface area contributed by atoms with Crippen LogP contribution in [0.1, 0.15) is 47.8 Å². The summed E-state index contributed by atoms with van der Waals surface area (Å²) in [6.07, 6.45) is 4.75. The van der Waals surface area contributed by atoms with Crippen molar-refractivity contribution in [3.8, 4) is 11.3 Å². The van der Waals surface area contributed by atoms with Crippen LogP contribution in [-0.4, -0.2) is 6.54 Å². The van der Waals surface area contributed by atoms with E-state index in [0.717, 1.165) is 24.5 Å². The smallest absolute Gasteiger partial charge is 0.139 e. The molecule has 3 heterocycles. The lowest BCUT2D eigenvalue weighted by Gasteiger charge is -2.37. The van der Waals surface area contributed by atoms with E-state index in [-0.39, 0.29) is 0 Å². The van der Waals surface area contributed by atoms with E-state index in [1.54, 1.807) is 0 Å². The minimum absolute atomic E-state index is 0.431. The van der Waals surface area contributed by atoms with Gasteiger partial charge in [0.05, 0.1) is 6.04 Å². The number of para-hydroxylation sites is 1. The van der Waals surface area contributed by atoms with Gasteiger partial charge in [0.1, 0.15) is 11.5 Å². The van der Waals surface area contributed by atoms with Gasteiger partial charge in [-0.3, -0.25) is 0 Å². The van der Waals surface area contributed by atoms with E-state index in [1.807, 2.05) is 0 Å². The molecule has 1 aromatic heterocycles. The van der Waals surface area contributed by atoms with Crippen molar-refractivity contribution < 1.29 is 4.42 Å². The summed E-state index contributed by atoms with van der Waals surface area (Å²) in [5.74, 6) is 2.16. The highest BCUT2D eigenvalue weighted by Gasteiger charge is 2.35. The van der Waals surface area contributed by atoms with Gasteiger partial charge in [0.2, 0.25) is 0 Å². The minimum atomic E-state index is 0.431. The molecule has 2 aliphatic rings. The maximum atomic E-state index is 6.35. The van der Waals surface area contributed by atoms with E-state index in [2.05, 4.69) is 66.4 Å². The highest BCUT2D eigenvalue weighted by atomic mass is 16.3. The van der Waals surface area contributed by atoms with Gasteiger partial charge in [-0.05, 0) is 37.8 Å². The van der Waals surface area contributed by atoms with E-state index < -0.39 is 0 Å². The van der Waals surface area contributed by atoms with Crippen LogP contribution in [0.15, 0.2) is 59.0 Å². The Labute approximate surface area is 149 Å². The van der Waals surface area contributed by atoms with Gasteiger partial charge in [-0.15, -0.1) is 0 Å². The van der Waals surface area contributed by atoms with Crippen LogP contribution in [0.2, 0.25) is 0 Å². The zero-order chi connectivity index (χ0) is 16.8. The van der Waals surface area contributed by atoms with Gasteiger partial charge in [0.25, 0.3) is 0 Å². The van der Waals surface area contributed by atoms with Crippen molar-refractivity contribution in [3.05, 3.63) is 77.0 Å². The van der Waals surface area contributed by atoms with Crippen LogP contribution in [-0.2, 0) is 6.42 Å². The molecule has 0 aliphatic carbocycles. The highest BCUT2D eigenvalue weighted by molar-refractivity contribution is 5.70. The molecule has 1 saturated heterocycles. The lowest BCUT2D eigenvalue weighted by atomic mass is 9.90. The van der Waals surface area contributed by atoms with Crippen LogP contribution >= 0.6 is 0 Å². The molecule has 126 valence electrons. The van der Waals surface area contributed by atoms with Crippen molar-refractivity contribution in [2.24, 2.45) is 0 Å². The Hall–Kier alpha value is -2.48. The lowest BCUT2D eigenvalue weighted by molar-refractivity contribution is 0.469. The molecule has 2 aliphatic heterocycles. The molecule has 3 aromatic rings. The maximum absolute atomic E-state index is 6.35. The fraction of sp³-hybridized carbons (Fsp3) is 0.304. The third-order valence-electron chi connectivity index (χ3n) is 5.79. The third kappa shape index (κ3) is 2.31. The van der Waals surface area contributed by atoms with E-state index in [1.165, 1.54) is 47.2 Å². The Kier molecular flexibility index (Phi) is 3.44. The Morgan fingerprint density at radius 3 is 2.64 bits per heavy atom. The first-order valence-electron chi connectivity index (χ1n) is 9.35. The molecule has 25 heavy (non-hydrogen) atoms. The van der Waals surface area contributed by atoms with Crippen LogP contribution in [0, 0.1) is 6.92 Å². The van der Waals surface area contributed by atoms with E-state index in [0.29, 0.717) is 6.04 Å². The fourth-order valence-corrected chi connectivity index (χ4v) is 4.62. The summed E-state index contributed by atoms with van der Waals surface area (Å²) in [6, 6.07) is 20.0. The van der Waals surface area contributed by atoms with Crippen molar-refractivity contribution >= 4 is 5.69 Å². The Morgan fingerprint density at radius 2 is 1.76 bits per heavy atom. The molecular weight excluding hydrogens is 306 g/mol. The molecule has 0 bridgehead atoms. The number of nitrogens with zero attached hydrogens (tertiary/aromatic N) is 1. The predicted molar refractivity (Wildman–Crippen MR) is 102 cm³/mol. The van der Waals surface area contributed by atoms with Crippen LogP contribution in [0.3, 0.4) is 0 Å². The SMILES string of the molecule is Cc1oc(-c2ccccc2)c2c1Cc1ccccc1N1CCCC[C@@H]21. The summed E-state index contributed by atoms with van der Waals surface area (Å²) in [6.45, 7) is 3.27. The zero-order valence-corrected chi connectivity index (χ0v) is 14.7. The van der Waals surface area contributed by atoms with Crippen LogP contribution in [0.25, 0.3) is 11.3 Å². The summed E-state index contributed by atoms with van der Waals surface area (Å²) in [5.41, 5.74) is 6.88. The third-order valence-corrected chi connectivity index (χ3v) is 5.79. The summed E-state index contributed by atoms with van der Waals surface area (Å²) in [4.78, 5) is 2.63. The summed E-state index contributed by atoms with van der Waals surface area (Å²) >= 11 is 0. The van der Waals surface area contributed by atoms with Gasteiger partial charge in [-0.1, -0.05) is 48.5 Å². The molecular formula is C23H23NO. The molecule has 0 amide bonds. The van der Waals surface area contributed by atoms with Crippen LogP contribution in [0.4, 0.5) is 5.69 Å². The van der Waals surface area contributed by atoms with Crippen LogP contribution in [0.5, 0.6) is 0 Å².